The summed E-state index contributed by atoms with van der Waals surface area (Å²) < 4.78 is 26.5. The molecule has 2 rings (SSSR count). The average Bonchev–Trinajstić information content (AvgIpc) is 2.77. The van der Waals surface area contributed by atoms with Crippen molar-refractivity contribution in [3.63, 3.8) is 0 Å². The molecule has 0 spiro atoms. The highest BCUT2D eigenvalue weighted by molar-refractivity contribution is 7.91. The molecule has 0 bridgehead atoms. The Morgan fingerprint density at radius 1 is 1.53 bits per heavy atom. The lowest BCUT2D eigenvalue weighted by atomic mass is 10.1. The van der Waals surface area contributed by atoms with Crippen LogP contribution < -0.4 is 10.5 Å². The molecule has 1 saturated carbocycles. The molecule has 1 aromatic rings. The van der Waals surface area contributed by atoms with E-state index in [4.69, 9.17) is 5.73 Å². The minimum absolute atomic E-state index is 0.0321. The van der Waals surface area contributed by atoms with Crippen LogP contribution in [0.2, 0.25) is 0 Å². The van der Waals surface area contributed by atoms with E-state index in [0.717, 1.165) is 12.8 Å². The van der Waals surface area contributed by atoms with Crippen LogP contribution >= 0.6 is 11.3 Å². The molecule has 0 aromatic carbocycles. The molecular weight excluding hydrogens is 232 g/mol. The van der Waals surface area contributed by atoms with Gasteiger partial charge in [-0.1, -0.05) is 6.07 Å². The molecule has 0 radical (unpaired) electrons. The molecule has 1 aliphatic rings. The second-order valence-corrected chi connectivity index (χ2v) is 6.90. The zero-order valence-electron chi connectivity index (χ0n) is 8.27. The van der Waals surface area contributed by atoms with Crippen molar-refractivity contribution in [3.05, 3.63) is 17.5 Å². The number of thiophene rings is 1. The van der Waals surface area contributed by atoms with E-state index in [1.165, 1.54) is 11.3 Å². The number of nitrogens with one attached hydrogen (secondary N) is 1. The maximum Gasteiger partial charge on any atom is 0.250 e. The Kier molecular flexibility index (Phi) is 2.85. The molecule has 4 nitrogen and oxygen atoms in total. The van der Waals surface area contributed by atoms with Gasteiger partial charge in [-0.15, -0.1) is 11.3 Å². The van der Waals surface area contributed by atoms with E-state index in [9.17, 15) is 8.42 Å². The maximum absolute atomic E-state index is 11.7. The summed E-state index contributed by atoms with van der Waals surface area (Å²) in [7, 11) is -3.31. The monoisotopic (exact) mass is 246 g/mol. The molecule has 1 aliphatic carbocycles. The maximum atomic E-state index is 11.7. The summed E-state index contributed by atoms with van der Waals surface area (Å²) in [6.45, 7) is 1.02. The van der Waals surface area contributed by atoms with Gasteiger partial charge in [0.25, 0.3) is 0 Å². The molecule has 1 aromatic heterocycles. The van der Waals surface area contributed by atoms with Gasteiger partial charge in [-0.25, -0.2) is 13.1 Å². The average molecular weight is 246 g/mol. The first-order valence-corrected chi connectivity index (χ1v) is 7.18. The van der Waals surface area contributed by atoms with Crippen LogP contribution in [0.1, 0.15) is 12.8 Å². The van der Waals surface area contributed by atoms with Crippen molar-refractivity contribution in [2.75, 3.05) is 13.1 Å². The lowest BCUT2D eigenvalue weighted by molar-refractivity contribution is 0.501. The van der Waals surface area contributed by atoms with Crippen molar-refractivity contribution >= 4 is 21.4 Å². The number of sulfonamides is 1. The second kappa shape index (κ2) is 3.86. The summed E-state index contributed by atoms with van der Waals surface area (Å²) in [6.07, 6.45) is 2.05. The van der Waals surface area contributed by atoms with Gasteiger partial charge in [0.2, 0.25) is 10.0 Å². The van der Waals surface area contributed by atoms with E-state index < -0.39 is 10.0 Å². The minimum Gasteiger partial charge on any atom is -0.330 e. The van der Waals surface area contributed by atoms with Gasteiger partial charge in [0.15, 0.2) is 0 Å². The van der Waals surface area contributed by atoms with Crippen LogP contribution in [0.4, 0.5) is 0 Å². The van der Waals surface area contributed by atoms with Gasteiger partial charge in [-0.3, -0.25) is 0 Å². The minimum atomic E-state index is -3.31. The smallest absolute Gasteiger partial charge is 0.250 e. The number of rotatable bonds is 5. The fourth-order valence-electron chi connectivity index (χ4n) is 1.37. The molecule has 84 valence electrons. The van der Waals surface area contributed by atoms with Crippen molar-refractivity contribution in [1.29, 1.82) is 0 Å². The molecule has 15 heavy (non-hydrogen) atoms. The molecular formula is C9H14N2O2S2. The van der Waals surface area contributed by atoms with E-state index in [1.54, 1.807) is 17.5 Å². The molecule has 1 fully saturated rings. The Morgan fingerprint density at radius 2 is 2.27 bits per heavy atom. The van der Waals surface area contributed by atoms with Crippen LogP contribution in [0.25, 0.3) is 0 Å². The van der Waals surface area contributed by atoms with Gasteiger partial charge >= 0.3 is 0 Å². The van der Waals surface area contributed by atoms with Crippen molar-refractivity contribution in [3.8, 4) is 0 Å². The Balaban J connectivity index is 2.00. The highest BCUT2D eigenvalue weighted by atomic mass is 32.2. The van der Waals surface area contributed by atoms with Crippen LogP contribution in [0, 0.1) is 5.41 Å². The van der Waals surface area contributed by atoms with Crippen LogP contribution in [0.15, 0.2) is 21.7 Å². The van der Waals surface area contributed by atoms with E-state index in [2.05, 4.69) is 4.72 Å². The molecule has 0 aliphatic heterocycles. The third-order valence-electron chi connectivity index (χ3n) is 2.79. The SMILES string of the molecule is NCC1(CNS(=O)(=O)c2cccs2)CC1. The predicted octanol–water partition coefficient (Wildman–Crippen LogP) is 0.765. The highest BCUT2D eigenvalue weighted by Crippen LogP contribution is 2.43. The van der Waals surface area contributed by atoms with Gasteiger partial charge in [-0.05, 0) is 36.2 Å². The summed E-state index contributed by atoms with van der Waals surface area (Å²) >= 11 is 1.23. The normalized spacial score (nSPS) is 19.0. The first-order valence-electron chi connectivity index (χ1n) is 4.81. The molecule has 1 heterocycles. The summed E-state index contributed by atoms with van der Waals surface area (Å²) in [5.74, 6) is 0. The van der Waals surface area contributed by atoms with Gasteiger partial charge in [0, 0.05) is 6.54 Å². The molecule has 6 heteroatoms. The Bertz CT molecular complexity index is 421. The lowest BCUT2D eigenvalue weighted by Gasteiger charge is -2.12. The van der Waals surface area contributed by atoms with Crippen molar-refractivity contribution in [2.45, 2.75) is 17.1 Å². The van der Waals surface area contributed by atoms with Crippen LogP contribution in [0.5, 0.6) is 0 Å². The van der Waals surface area contributed by atoms with Gasteiger partial charge in [-0.2, -0.15) is 0 Å². The van der Waals surface area contributed by atoms with E-state index in [1.807, 2.05) is 0 Å². The summed E-state index contributed by atoms with van der Waals surface area (Å²) in [4.78, 5) is 0. The van der Waals surface area contributed by atoms with Crippen molar-refractivity contribution < 1.29 is 8.42 Å². The quantitative estimate of drug-likeness (QED) is 0.806. The van der Waals surface area contributed by atoms with Crippen LogP contribution in [-0.4, -0.2) is 21.5 Å². The van der Waals surface area contributed by atoms with E-state index in [0.29, 0.717) is 17.3 Å². The fraction of sp³-hybridized carbons (Fsp3) is 0.556. The summed E-state index contributed by atoms with van der Waals surface area (Å²) in [5, 5.41) is 1.75. The number of nitrogens with two attached hydrogens (primary N) is 1. The lowest BCUT2D eigenvalue weighted by Crippen LogP contribution is -2.33. The zero-order valence-corrected chi connectivity index (χ0v) is 9.90. The number of hydrogen-bond donors (Lipinski definition) is 2. The number of hydrogen-bond acceptors (Lipinski definition) is 4. The first kappa shape index (κ1) is 11.1. The topological polar surface area (TPSA) is 72.2 Å². The van der Waals surface area contributed by atoms with Crippen molar-refractivity contribution in [1.82, 2.24) is 4.72 Å². The van der Waals surface area contributed by atoms with Gasteiger partial charge < -0.3 is 5.73 Å². The molecule has 0 amide bonds. The molecule has 0 atom stereocenters. The van der Waals surface area contributed by atoms with Gasteiger partial charge in [0.05, 0.1) is 0 Å². The first-order chi connectivity index (χ1) is 7.08. The van der Waals surface area contributed by atoms with Crippen LogP contribution in [-0.2, 0) is 10.0 Å². The van der Waals surface area contributed by atoms with Gasteiger partial charge in [0.1, 0.15) is 4.21 Å². The molecule has 3 N–H and O–H groups in total. The second-order valence-electron chi connectivity index (χ2n) is 3.96. The highest BCUT2D eigenvalue weighted by Gasteiger charge is 2.41. The fourth-order valence-corrected chi connectivity index (χ4v) is 3.56. The Labute approximate surface area is 93.5 Å². The Morgan fingerprint density at radius 3 is 2.73 bits per heavy atom. The third kappa shape index (κ3) is 2.39. The van der Waals surface area contributed by atoms with E-state index in [-0.39, 0.29) is 5.41 Å². The molecule has 0 saturated heterocycles. The Hall–Kier alpha value is -0.430. The van der Waals surface area contributed by atoms with E-state index >= 15 is 0 Å². The summed E-state index contributed by atoms with van der Waals surface area (Å²) in [6, 6.07) is 3.34. The summed E-state index contributed by atoms with van der Waals surface area (Å²) in [5.41, 5.74) is 5.62. The largest absolute Gasteiger partial charge is 0.330 e. The standard InChI is InChI=1S/C9H14N2O2S2/c10-6-9(3-4-9)7-11-15(12,13)8-2-1-5-14-8/h1-2,5,11H,3-4,6-7,10H2. The van der Waals surface area contributed by atoms with Crippen LogP contribution in [0.3, 0.4) is 0 Å². The predicted molar refractivity (Wildman–Crippen MR) is 60.2 cm³/mol. The zero-order chi connectivity index (χ0) is 10.9. The third-order valence-corrected chi connectivity index (χ3v) is 5.59. The van der Waals surface area contributed by atoms with Crippen molar-refractivity contribution in [2.24, 2.45) is 11.1 Å². The molecule has 0 unspecified atom stereocenters.